The van der Waals surface area contributed by atoms with Gasteiger partial charge in [-0.25, -0.2) is 0 Å². The summed E-state index contributed by atoms with van der Waals surface area (Å²) >= 11 is 6.01. The fourth-order valence-electron chi connectivity index (χ4n) is 1.86. The summed E-state index contributed by atoms with van der Waals surface area (Å²) in [6.07, 6.45) is 1.90. The van der Waals surface area contributed by atoms with Crippen molar-refractivity contribution >= 4 is 23.2 Å². The minimum Gasteiger partial charge on any atom is -0.497 e. The molecule has 0 aromatic heterocycles. The SMILES string of the molecule is COc1ccc(Cl)c(NC(=O)[C@@H]2CCCN2)c1. The Hall–Kier alpha value is -1.26. The number of nitrogens with one attached hydrogen (secondary N) is 2. The van der Waals surface area contributed by atoms with Gasteiger partial charge in [-0.2, -0.15) is 0 Å². The van der Waals surface area contributed by atoms with Gasteiger partial charge in [0.25, 0.3) is 0 Å². The number of methoxy groups -OCH3 is 1. The fourth-order valence-corrected chi connectivity index (χ4v) is 2.02. The Bertz CT molecular complexity index is 417. The topological polar surface area (TPSA) is 50.4 Å². The molecule has 1 aromatic carbocycles. The van der Waals surface area contributed by atoms with Crippen LogP contribution >= 0.6 is 11.6 Å². The molecule has 1 atom stereocenters. The first-order valence-corrected chi connectivity index (χ1v) is 5.96. The number of rotatable bonds is 3. The van der Waals surface area contributed by atoms with Gasteiger partial charge < -0.3 is 15.4 Å². The third-order valence-electron chi connectivity index (χ3n) is 2.81. The van der Waals surface area contributed by atoms with Crippen LogP contribution in [0.3, 0.4) is 0 Å². The van der Waals surface area contributed by atoms with Crippen molar-refractivity contribution in [3.8, 4) is 5.75 Å². The van der Waals surface area contributed by atoms with Crippen molar-refractivity contribution in [2.24, 2.45) is 0 Å². The lowest BCUT2D eigenvalue weighted by Crippen LogP contribution is -2.35. The van der Waals surface area contributed by atoms with Gasteiger partial charge in [0.05, 0.1) is 23.9 Å². The first kappa shape index (κ1) is 12.2. The Morgan fingerprint density at radius 3 is 3.06 bits per heavy atom. The standard InChI is InChI=1S/C12H15ClN2O2/c1-17-8-4-5-9(13)11(7-8)15-12(16)10-3-2-6-14-10/h4-5,7,10,14H,2-3,6H2,1H3,(H,15,16)/t10-/m0/s1. The molecule has 4 nitrogen and oxygen atoms in total. The zero-order chi connectivity index (χ0) is 12.3. The highest BCUT2D eigenvalue weighted by molar-refractivity contribution is 6.33. The van der Waals surface area contributed by atoms with Gasteiger partial charge in [0.1, 0.15) is 5.75 Å². The molecule has 17 heavy (non-hydrogen) atoms. The number of hydrogen-bond donors (Lipinski definition) is 2. The Morgan fingerprint density at radius 2 is 2.41 bits per heavy atom. The molecular weight excluding hydrogens is 240 g/mol. The lowest BCUT2D eigenvalue weighted by Gasteiger charge is -2.13. The fraction of sp³-hybridized carbons (Fsp3) is 0.417. The van der Waals surface area contributed by atoms with Crippen LogP contribution in [-0.2, 0) is 4.79 Å². The van der Waals surface area contributed by atoms with Gasteiger partial charge in [-0.05, 0) is 31.5 Å². The van der Waals surface area contributed by atoms with Gasteiger partial charge >= 0.3 is 0 Å². The average Bonchev–Trinajstić information content (AvgIpc) is 2.85. The van der Waals surface area contributed by atoms with E-state index in [4.69, 9.17) is 16.3 Å². The molecule has 0 saturated carbocycles. The maximum atomic E-state index is 11.9. The van der Waals surface area contributed by atoms with E-state index < -0.39 is 0 Å². The molecule has 1 fully saturated rings. The molecule has 0 radical (unpaired) electrons. The Balaban J connectivity index is 2.09. The molecule has 1 amide bonds. The number of benzene rings is 1. The van der Waals surface area contributed by atoms with E-state index in [0.717, 1.165) is 19.4 Å². The molecule has 1 saturated heterocycles. The average molecular weight is 255 g/mol. The maximum Gasteiger partial charge on any atom is 0.241 e. The van der Waals surface area contributed by atoms with Crippen molar-refractivity contribution < 1.29 is 9.53 Å². The smallest absolute Gasteiger partial charge is 0.241 e. The largest absolute Gasteiger partial charge is 0.497 e. The van der Waals surface area contributed by atoms with Gasteiger partial charge in [-0.3, -0.25) is 4.79 Å². The van der Waals surface area contributed by atoms with Crippen LogP contribution in [-0.4, -0.2) is 25.6 Å². The molecular formula is C12H15ClN2O2. The van der Waals surface area contributed by atoms with Gasteiger partial charge in [0, 0.05) is 6.07 Å². The van der Waals surface area contributed by atoms with Crippen molar-refractivity contribution in [2.45, 2.75) is 18.9 Å². The zero-order valence-corrected chi connectivity index (χ0v) is 10.4. The van der Waals surface area contributed by atoms with E-state index in [2.05, 4.69) is 10.6 Å². The van der Waals surface area contributed by atoms with Gasteiger partial charge in [0.2, 0.25) is 5.91 Å². The zero-order valence-electron chi connectivity index (χ0n) is 9.63. The molecule has 0 spiro atoms. The molecule has 92 valence electrons. The van der Waals surface area contributed by atoms with Crippen LogP contribution in [0.15, 0.2) is 18.2 Å². The van der Waals surface area contributed by atoms with Crippen molar-refractivity contribution in [2.75, 3.05) is 19.0 Å². The molecule has 2 N–H and O–H groups in total. The predicted molar refractivity (Wildman–Crippen MR) is 67.7 cm³/mol. The molecule has 0 unspecified atom stereocenters. The minimum absolute atomic E-state index is 0.0438. The third-order valence-corrected chi connectivity index (χ3v) is 3.14. The number of halogens is 1. The second kappa shape index (κ2) is 5.38. The predicted octanol–water partition coefficient (Wildman–Crippen LogP) is 2.04. The van der Waals surface area contributed by atoms with Gasteiger partial charge in [-0.1, -0.05) is 11.6 Å². The number of ether oxygens (including phenoxy) is 1. The number of carbonyl (C=O) groups is 1. The quantitative estimate of drug-likeness (QED) is 0.868. The number of anilines is 1. The van der Waals surface area contributed by atoms with Crippen molar-refractivity contribution in [1.29, 1.82) is 0 Å². The van der Waals surface area contributed by atoms with E-state index >= 15 is 0 Å². The molecule has 1 heterocycles. The summed E-state index contributed by atoms with van der Waals surface area (Å²) in [5, 5.41) is 6.46. The van der Waals surface area contributed by atoms with E-state index in [-0.39, 0.29) is 11.9 Å². The van der Waals surface area contributed by atoms with E-state index in [1.54, 1.807) is 25.3 Å². The summed E-state index contributed by atoms with van der Waals surface area (Å²) < 4.78 is 5.09. The van der Waals surface area contributed by atoms with Crippen LogP contribution in [0.5, 0.6) is 5.75 Å². The molecule has 5 heteroatoms. The number of hydrogen-bond acceptors (Lipinski definition) is 3. The second-order valence-corrected chi connectivity index (χ2v) is 4.39. The van der Waals surface area contributed by atoms with Crippen LogP contribution in [0.4, 0.5) is 5.69 Å². The minimum atomic E-state index is -0.114. The number of amides is 1. The van der Waals surface area contributed by atoms with E-state index in [1.165, 1.54) is 0 Å². The lowest BCUT2D eigenvalue weighted by atomic mass is 10.2. The monoisotopic (exact) mass is 254 g/mol. The summed E-state index contributed by atoms with van der Waals surface area (Å²) in [5.74, 6) is 0.627. The van der Waals surface area contributed by atoms with Crippen LogP contribution in [0, 0.1) is 0 Å². The van der Waals surface area contributed by atoms with Gasteiger partial charge in [0.15, 0.2) is 0 Å². The summed E-state index contributed by atoms with van der Waals surface area (Å²) in [7, 11) is 1.58. The van der Waals surface area contributed by atoms with Crippen molar-refractivity contribution in [1.82, 2.24) is 5.32 Å². The number of carbonyl (C=O) groups excluding carboxylic acids is 1. The summed E-state index contributed by atoms with van der Waals surface area (Å²) in [6, 6.07) is 5.07. The lowest BCUT2D eigenvalue weighted by molar-refractivity contribution is -0.117. The van der Waals surface area contributed by atoms with Gasteiger partial charge in [-0.15, -0.1) is 0 Å². The van der Waals surface area contributed by atoms with Crippen LogP contribution in [0.2, 0.25) is 5.02 Å². The van der Waals surface area contributed by atoms with Crippen molar-refractivity contribution in [3.05, 3.63) is 23.2 Å². The highest BCUT2D eigenvalue weighted by Gasteiger charge is 2.22. The van der Waals surface area contributed by atoms with Crippen LogP contribution in [0.1, 0.15) is 12.8 Å². The van der Waals surface area contributed by atoms with E-state index in [0.29, 0.717) is 16.5 Å². The first-order chi connectivity index (χ1) is 8.20. The van der Waals surface area contributed by atoms with E-state index in [9.17, 15) is 4.79 Å². The van der Waals surface area contributed by atoms with Crippen molar-refractivity contribution in [3.63, 3.8) is 0 Å². The summed E-state index contributed by atoms with van der Waals surface area (Å²) in [4.78, 5) is 11.9. The Kier molecular flexibility index (Phi) is 3.86. The Morgan fingerprint density at radius 1 is 1.59 bits per heavy atom. The summed E-state index contributed by atoms with van der Waals surface area (Å²) in [5.41, 5.74) is 0.588. The molecule has 1 aromatic rings. The maximum absolute atomic E-state index is 11.9. The highest BCUT2D eigenvalue weighted by atomic mass is 35.5. The molecule has 2 rings (SSSR count). The Labute approximate surface area is 105 Å². The normalized spacial score (nSPS) is 19.1. The molecule has 0 bridgehead atoms. The summed E-state index contributed by atoms with van der Waals surface area (Å²) in [6.45, 7) is 0.893. The van der Waals surface area contributed by atoms with Crippen LogP contribution in [0.25, 0.3) is 0 Å². The second-order valence-electron chi connectivity index (χ2n) is 3.98. The van der Waals surface area contributed by atoms with Crippen LogP contribution < -0.4 is 15.4 Å². The molecule has 0 aliphatic carbocycles. The molecule has 1 aliphatic heterocycles. The highest BCUT2D eigenvalue weighted by Crippen LogP contribution is 2.27. The molecule has 1 aliphatic rings. The third kappa shape index (κ3) is 2.90. The van der Waals surface area contributed by atoms with E-state index in [1.807, 2.05) is 0 Å². The first-order valence-electron chi connectivity index (χ1n) is 5.58.